The summed E-state index contributed by atoms with van der Waals surface area (Å²) in [7, 11) is 0. The van der Waals surface area contributed by atoms with Crippen LogP contribution in [0, 0.1) is 0 Å². The van der Waals surface area contributed by atoms with Crippen molar-refractivity contribution in [3.8, 4) is 0 Å². The SMILES string of the molecule is CCCCCCCCCCCCCCCCCC(=O)OCCCCCCCCCCCC. The number of unbranched alkanes of at least 4 members (excludes halogenated alkanes) is 23. The van der Waals surface area contributed by atoms with Crippen LogP contribution in [0.5, 0.6) is 0 Å². The predicted molar refractivity (Wildman–Crippen MR) is 142 cm³/mol. The van der Waals surface area contributed by atoms with Crippen LogP contribution in [0.15, 0.2) is 0 Å². The van der Waals surface area contributed by atoms with Gasteiger partial charge in [0.05, 0.1) is 6.61 Å². The maximum Gasteiger partial charge on any atom is 0.305 e. The van der Waals surface area contributed by atoms with Gasteiger partial charge in [0.1, 0.15) is 0 Å². The summed E-state index contributed by atoms with van der Waals surface area (Å²) in [6, 6.07) is 0. The maximum absolute atomic E-state index is 11.8. The highest BCUT2D eigenvalue weighted by Gasteiger charge is 2.02. The first-order valence-corrected chi connectivity index (χ1v) is 15.0. The summed E-state index contributed by atoms with van der Waals surface area (Å²) in [4.78, 5) is 11.8. The van der Waals surface area contributed by atoms with Crippen molar-refractivity contribution in [3.05, 3.63) is 0 Å². The lowest BCUT2D eigenvalue weighted by Gasteiger charge is -2.06. The molecule has 0 rings (SSSR count). The second-order valence-corrected chi connectivity index (χ2v) is 10.1. The number of hydrogen-bond donors (Lipinski definition) is 0. The lowest BCUT2D eigenvalue weighted by atomic mass is 10.0. The van der Waals surface area contributed by atoms with Gasteiger partial charge in [-0.25, -0.2) is 0 Å². The third-order valence-corrected chi connectivity index (χ3v) is 6.75. The van der Waals surface area contributed by atoms with Gasteiger partial charge in [0.15, 0.2) is 0 Å². The molecule has 192 valence electrons. The first-order valence-electron chi connectivity index (χ1n) is 15.0. The standard InChI is InChI=1S/C30H60O2/c1-3-5-7-9-11-13-15-16-17-18-19-20-22-24-26-28-30(31)32-29-27-25-23-21-14-12-10-8-6-4-2/h3-29H2,1-2H3. The third kappa shape index (κ3) is 27.5. The van der Waals surface area contributed by atoms with Crippen LogP contribution in [0.2, 0.25) is 0 Å². The summed E-state index contributed by atoms with van der Waals surface area (Å²) in [5.41, 5.74) is 0. The molecule has 0 radical (unpaired) electrons. The average Bonchev–Trinajstić information content (AvgIpc) is 2.80. The molecule has 0 bridgehead atoms. The molecular formula is C30H60O2. The van der Waals surface area contributed by atoms with E-state index in [9.17, 15) is 4.79 Å². The summed E-state index contributed by atoms with van der Waals surface area (Å²) in [5.74, 6) is 0.0237. The molecule has 0 N–H and O–H groups in total. The Hall–Kier alpha value is -0.530. The minimum atomic E-state index is 0.0237. The molecule has 0 amide bonds. The Labute approximate surface area is 203 Å². The van der Waals surface area contributed by atoms with Gasteiger partial charge < -0.3 is 4.74 Å². The van der Waals surface area contributed by atoms with Crippen LogP contribution in [-0.2, 0) is 9.53 Å². The predicted octanol–water partition coefficient (Wildman–Crippen LogP) is 10.7. The van der Waals surface area contributed by atoms with E-state index in [-0.39, 0.29) is 5.97 Å². The number of hydrogen-bond acceptors (Lipinski definition) is 2. The maximum atomic E-state index is 11.8. The average molecular weight is 453 g/mol. The van der Waals surface area contributed by atoms with Crippen molar-refractivity contribution in [3.63, 3.8) is 0 Å². The van der Waals surface area contributed by atoms with Gasteiger partial charge in [-0.3, -0.25) is 4.79 Å². The Kier molecular flexibility index (Phi) is 28.0. The Morgan fingerprint density at radius 3 is 1.03 bits per heavy atom. The lowest BCUT2D eigenvalue weighted by molar-refractivity contribution is -0.143. The fourth-order valence-corrected chi connectivity index (χ4v) is 4.49. The summed E-state index contributed by atoms with van der Waals surface area (Å²) < 4.78 is 5.39. The molecule has 0 aliphatic heterocycles. The molecule has 0 spiro atoms. The van der Waals surface area contributed by atoms with Crippen molar-refractivity contribution < 1.29 is 9.53 Å². The van der Waals surface area contributed by atoms with Crippen LogP contribution in [0.4, 0.5) is 0 Å². The largest absolute Gasteiger partial charge is 0.466 e. The van der Waals surface area contributed by atoms with Crippen LogP contribution < -0.4 is 0 Å². The molecule has 0 aromatic carbocycles. The molecule has 0 saturated heterocycles. The molecule has 0 unspecified atom stereocenters. The van der Waals surface area contributed by atoms with Gasteiger partial charge in [-0.1, -0.05) is 162 Å². The minimum absolute atomic E-state index is 0.0237. The van der Waals surface area contributed by atoms with Gasteiger partial charge >= 0.3 is 5.97 Å². The number of rotatable bonds is 27. The first kappa shape index (κ1) is 31.5. The molecule has 2 nitrogen and oxygen atoms in total. The summed E-state index contributed by atoms with van der Waals surface area (Å²) in [5, 5.41) is 0. The lowest BCUT2D eigenvalue weighted by Crippen LogP contribution is -2.05. The fourth-order valence-electron chi connectivity index (χ4n) is 4.49. The number of esters is 1. The molecule has 0 aliphatic carbocycles. The molecule has 0 saturated carbocycles. The van der Waals surface area contributed by atoms with E-state index in [0.29, 0.717) is 13.0 Å². The van der Waals surface area contributed by atoms with E-state index in [2.05, 4.69) is 13.8 Å². The highest BCUT2D eigenvalue weighted by atomic mass is 16.5. The van der Waals surface area contributed by atoms with Crippen LogP contribution in [-0.4, -0.2) is 12.6 Å². The van der Waals surface area contributed by atoms with Crippen LogP contribution in [0.25, 0.3) is 0 Å². The molecule has 0 aromatic heterocycles. The first-order chi connectivity index (χ1) is 15.8. The van der Waals surface area contributed by atoms with Crippen molar-refractivity contribution in [2.45, 2.75) is 181 Å². The minimum Gasteiger partial charge on any atom is -0.466 e. The van der Waals surface area contributed by atoms with E-state index in [0.717, 1.165) is 12.8 Å². The second kappa shape index (κ2) is 28.5. The number of ether oxygens (including phenoxy) is 1. The van der Waals surface area contributed by atoms with E-state index in [4.69, 9.17) is 4.74 Å². The molecule has 0 atom stereocenters. The second-order valence-electron chi connectivity index (χ2n) is 10.1. The van der Waals surface area contributed by atoms with Gasteiger partial charge in [-0.15, -0.1) is 0 Å². The van der Waals surface area contributed by atoms with E-state index >= 15 is 0 Å². The van der Waals surface area contributed by atoms with Crippen molar-refractivity contribution in [2.24, 2.45) is 0 Å². The molecule has 0 aliphatic rings. The zero-order valence-electron chi connectivity index (χ0n) is 22.4. The van der Waals surface area contributed by atoms with Gasteiger partial charge in [0, 0.05) is 6.42 Å². The molecule has 0 fully saturated rings. The summed E-state index contributed by atoms with van der Waals surface area (Å²) in [6.07, 6.45) is 34.2. The normalized spacial score (nSPS) is 11.2. The van der Waals surface area contributed by atoms with E-state index in [1.165, 1.54) is 148 Å². The highest BCUT2D eigenvalue weighted by molar-refractivity contribution is 5.69. The molecule has 32 heavy (non-hydrogen) atoms. The molecule has 0 heterocycles. The monoisotopic (exact) mass is 452 g/mol. The quantitative estimate of drug-likeness (QED) is 0.0914. The fraction of sp³-hybridized carbons (Fsp3) is 0.967. The van der Waals surface area contributed by atoms with Crippen molar-refractivity contribution in [2.75, 3.05) is 6.61 Å². The molecular weight excluding hydrogens is 392 g/mol. The van der Waals surface area contributed by atoms with Gasteiger partial charge in [-0.2, -0.15) is 0 Å². The molecule has 2 heteroatoms. The Bertz CT molecular complexity index is 353. The zero-order chi connectivity index (χ0) is 23.4. The van der Waals surface area contributed by atoms with Gasteiger partial charge in [0.2, 0.25) is 0 Å². The van der Waals surface area contributed by atoms with Gasteiger partial charge in [-0.05, 0) is 12.8 Å². The van der Waals surface area contributed by atoms with Crippen LogP contribution >= 0.6 is 0 Å². The Morgan fingerprint density at radius 1 is 0.406 bits per heavy atom. The summed E-state index contributed by atoms with van der Waals surface area (Å²) >= 11 is 0. The molecule has 0 aromatic rings. The number of carbonyl (C=O) groups is 1. The Balaban J connectivity index is 3.13. The van der Waals surface area contributed by atoms with Crippen LogP contribution in [0.1, 0.15) is 181 Å². The van der Waals surface area contributed by atoms with Crippen molar-refractivity contribution >= 4 is 5.97 Å². The van der Waals surface area contributed by atoms with Crippen LogP contribution in [0.3, 0.4) is 0 Å². The highest BCUT2D eigenvalue weighted by Crippen LogP contribution is 2.14. The smallest absolute Gasteiger partial charge is 0.305 e. The third-order valence-electron chi connectivity index (χ3n) is 6.75. The van der Waals surface area contributed by atoms with E-state index in [1.54, 1.807) is 0 Å². The van der Waals surface area contributed by atoms with E-state index < -0.39 is 0 Å². The summed E-state index contributed by atoms with van der Waals surface area (Å²) in [6.45, 7) is 5.19. The van der Waals surface area contributed by atoms with Crippen molar-refractivity contribution in [1.82, 2.24) is 0 Å². The van der Waals surface area contributed by atoms with Crippen molar-refractivity contribution in [1.29, 1.82) is 0 Å². The number of carbonyl (C=O) groups excluding carboxylic acids is 1. The topological polar surface area (TPSA) is 26.3 Å². The van der Waals surface area contributed by atoms with Gasteiger partial charge in [0.25, 0.3) is 0 Å². The van der Waals surface area contributed by atoms with E-state index in [1.807, 2.05) is 0 Å². The Morgan fingerprint density at radius 2 is 0.688 bits per heavy atom. The zero-order valence-corrected chi connectivity index (χ0v) is 22.4.